The minimum Gasteiger partial charge on any atom is -0.370 e. The number of hydrogen-bond acceptors (Lipinski definition) is 4. The fourth-order valence-electron chi connectivity index (χ4n) is 4.38. The molecule has 0 atom stereocenters. The summed E-state index contributed by atoms with van der Waals surface area (Å²) in [6.07, 6.45) is 22.5. The second-order valence-electron chi connectivity index (χ2n) is 10.3. The first-order valence-corrected chi connectivity index (χ1v) is 15.4. The minimum absolute atomic E-state index is 0.258. The van der Waals surface area contributed by atoms with E-state index in [4.69, 9.17) is 22.3 Å². The van der Waals surface area contributed by atoms with Gasteiger partial charge in [-0.3, -0.25) is 20.6 Å². The summed E-state index contributed by atoms with van der Waals surface area (Å²) in [5.74, 6) is -0.515. The summed E-state index contributed by atoms with van der Waals surface area (Å²) < 4.78 is 0. The molecule has 230 valence electrons. The molecule has 10 heteroatoms. The highest BCUT2D eigenvalue weighted by molar-refractivity contribution is 5.94. The molecule has 0 aliphatic rings. The number of allylic oxidation sites excluding steroid dienone is 2. The van der Waals surface area contributed by atoms with Crippen LogP contribution in [0.25, 0.3) is 0 Å². The molecule has 0 rings (SSSR count). The molecule has 0 aromatic rings. The van der Waals surface area contributed by atoms with Gasteiger partial charge in [-0.2, -0.15) is 0 Å². The van der Waals surface area contributed by atoms with Crippen LogP contribution in [-0.2, 0) is 0 Å². The van der Waals surface area contributed by atoms with Crippen molar-refractivity contribution >= 4 is 24.0 Å². The number of carbonyl (C=O) groups excluding carboxylic acids is 2. The number of carbonyl (C=O) groups is 2. The summed E-state index contributed by atoms with van der Waals surface area (Å²) in [5.41, 5.74) is 11.3. The van der Waals surface area contributed by atoms with Gasteiger partial charge in [-0.1, -0.05) is 76.4 Å². The lowest BCUT2D eigenvalue weighted by molar-refractivity contribution is 0.217. The Morgan fingerprint density at radius 3 is 1.18 bits per heavy atom. The molecule has 0 aromatic heterocycles. The smallest absolute Gasteiger partial charge is 0.324 e. The Morgan fingerprint density at radius 2 is 0.850 bits per heavy atom. The quantitative estimate of drug-likeness (QED) is 0.0338. The van der Waals surface area contributed by atoms with Crippen molar-refractivity contribution in [3.05, 3.63) is 25.3 Å². The van der Waals surface area contributed by atoms with Gasteiger partial charge in [0.15, 0.2) is 11.9 Å². The number of unbranched alkanes of at least 4 members (excludes halogenated alkanes) is 15. The number of urea groups is 2. The largest absolute Gasteiger partial charge is 0.370 e. The summed E-state index contributed by atoms with van der Waals surface area (Å²) in [4.78, 5) is 27.4. The van der Waals surface area contributed by atoms with E-state index in [1.807, 2.05) is 12.2 Å². The predicted molar refractivity (Wildman–Crippen MR) is 168 cm³/mol. The standard InChI is InChI=1S/C30H58N8O2/c1-3-5-7-9-11-13-15-19-23-35-29(39)37(27(31)32)25-21-17-18-22-26-38(28(33)34)30(40)36-24-20-16-14-12-10-8-6-4-2/h3-4H,1-2,5-26H2,(H3,31,32)(H3,33,34)(H,35,39)(H,36,40). The van der Waals surface area contributed by atoms with Crippen LogP contribution in [0.2, 0.25) is 0 Å². The summed E-state index contributed by atoms with van der Waals surface area (Å²) in [6, 6.07) is -0.656. The monoisotopic (exact) mass is 562 g/mol. The number of nitrogens with zero attached hydrogens (tertiary/aromatic N) is 2. The lowest BCUT2D eigenvalue weighted by atomic mass is 10.1. The van der Waals surface area contributed by atoms with Crippen LogP contribution >= 0.6 is 0 Å². The molecule has 0 aromatic carbocycles. The lowest BCUT2D eigenvalue weighted by Gasteiger charge is -2.22. The van der Waals surface area contributed by atoms with E-state index in [0.717, 1.165) is 64.2 Å². The molecule has 0 spiro atoms. The zero-order valence-electron chi connectivity index (χ0n) is 25.0. The normalized spacial score (nSPS) is 10.5. The number of nitrogens with one attached hydrogen (secondary N) is 4. The van der Waals surface area contributed by atoms with Crippen LogP contribution in [0.4, 0.5) is 9.59 Å². The molecule has 0 bridgehead atoms. The highest BCUT2D eigenvalue weighted by Crippen LogP contribution is 2.09. The summed E-state index contributed by atoms with van der Waals surface area (Å²) in [5, 5.41) is 21.2. The highest BCUT2D eigenvalue weighted by Gasteiger charge is 2.17. The second-order valence-corrected chi connectivity index (χ2v) is 10.3. The van der Waals surface area contributed by atoms with Crippen molar-refractivity contribution < 1.29 is 9.59 Å². The van der Waals surface area contributed by atoms with Crippen molar-refractivity contribution in [3.8, 4) is 0 Å². The lowest BCUT2D eigenvalue weighted by Crippen LogP contribution is -2.47. The molecule has 0 fully saturated rings. The number of rotatable bonds is 25. The van der Waals surface area contributed by atoms with E-state index < -0.39 is 0 Å². The Balaban J connectivity index is 4.04. The van der Waals surface area contributed by atoms with Crippen molar-refractivity contribution in [2.75, 3.05) is 26.2 Å². The van der Waals surface area contributed by atoms with Crippen LogP contribution in [0.1, 0.15) is 116 Å². The highest BCUT2D eigenvalue weighted by atomic mass is 16.2. The van der Waals surface area contributed by atoms with Gasteiger partial charge >= 0.3 is 12.1 Å². The molecule has 10 nitrogen and oxygen atoms in total. The number of nitrogens with two attached hydrogens (primary N) is 2. The van der Waals surface area contributed by atoms with E-state index in [-0.39, 0.29) is 24.0 Å². The fraction of sp³-hybridized carbons (Fsp3) is 0.733. The maximum Gasteiger partial charge on any atom is 0.324 e. The third kappa shape index (κ3) is 20.9. The van der Waals surface area contributed by atoms with Crippen LogP contribution < -0.4 is 22.1 Å². The van der Waals surface area contributed by atoms with Gasteiger partial charge in [0.25, 0.3) is 0 Å². The topological polar surface area (TPSA) is 164 Å². The molecule has 0 heterocycles. The summed E-state index contributed by atoms with van der Waals surface area (Å²) in [7, 11) is 0. The van der Waals surface area contributed by atoms with E-state index in [9.17, 15) is 9.59 Å². The predicted octanol–water partition coefficient (Wildman–Crippen LogP) is 6.19. The van der Waals surface area contributed by atoms with Crippen LogP contribution in [0.5, 0.6) is 0 Å². The van der Waals surface area contributed by atoms with Crippen LogP contribution in [0.15, 0.2) is 25.3 Å². The maximum absolute atomic E-state index is 12.4. The van der Waals surface area contributed by atoms with Crippen molar-refractivity contribution in [2.24, 2.45) is 11.5 Å². The SMILES string of the molecule is C=CCCCCCCCCNC(=O)N(CCCCCCN(C(=N)N)C(=O)NCCCCCCCCC=C)C(=N)N. The molecule has 0 radical (unpaired) electrons. The number of hydrogen-bond donors (Lipinski definition) is 6. The Hall–Kier alpha value is -3.04. The molecule has 0 saturated heterocycles. The average molecular weight is 563 g/mol. The molecule has 0 aliphatic carbocycles. The molecule has 8 N–H and O–H groups in total. The van der Waals surface area contributed by atoms with Gasteiger partial charge in [0.1, 0.15) is 0 Å². The van der Waals surface area contributed by atoms with Crippen molar-refractivity contribution in [1.29, 1.82) is 10.8 Å². The first-order chi connectivity index (χ1) is 19.3. The van der Waals surface area contributed by atoms with E-state index >= 15 is 0 Å². The number of amides is 4. The number of guanidine groups is 2. The van der Waals surface area contributed by atoms with Gasteiger partial charge in [0.05, 0.1) is 0 Å². The van der Waals surface area contributed by atoms with Crippen LogP contribution in [-0.4, -0.2) is 60.0 Å². The molecular formula is C30H58N8O2. The van der Waals surface area contributed by atoms with Crippen molar-refractivity contribution in [2.45, 2.75) is 116 Å². The van der Waals surface area contributed by atoms with Gasteiger partial charge in [-0.15, -0.1) is 13.2 Å². The van der Waals surface area contributed by atoms with Gasteiger partial charge in [0, 0.05) is 26.2 Å². The van der Waals surface area contributed by atoms with E-state index in [1.54, 1.807) is 0 Å². The minimum atomic E-state index is -0.328. The molecule has 40 heavy (non-hydrogen) atoms. The van der Waals surface area contributed by atoms with E-state index in [2.05, 4.69) is 23.8 Å². The fourth-order valence-corrected chi connectivity index (χ4v) is 4.38. The first kappa shape index (κ1) is 37.0. The van der Waals surface area contributed by atoms with Gasteiger partial charge < -0.3 is 22.1 Å². The van der Waals surface area contributed by atoms with E-state index in [0.29, 0.717) is 39.0 Å². The van der Waals surface area contributed by atoms with Crippen LogP contribution in [0.3, 0.4) is 0 Å². The molecule has 0 saturated carbocycles. The van der Waals surface area contributed by atoms with Gasteiger partial charge in [-0.05, 0) is 51.4 Å². The third-order valence-electron chi connectivity index (χ3n) is 6.81. The zero-order valence-corrected chi connectivity index (χ0v) is 25.0. The van der Waals surface area contributed by atoms with Gasteiger partial charge in [0.2, 0.25) is 0 Å². The molecular weight excluding hydrogens is 504 g/mol. The summed E-state index contributed by atoms with van der Waals surface area (Å²) >= 11 is 0. The second kappa shape index (κ2) is 26.2. The first-order valence-electron chi connectivity index (χ1n) is 15.4. The molecule has 0 aliphatic heterocycles. The van der Waals surface area contributed by atoms with Crippen LogP contribution in [0, 0.1) is 10.8 Å². The van der Waals surface area contributed by atoms with Crippen molar-refractivity contribution in [1.82, 2.24) is 20.4 Å². The van der Waals surface area contributed by atoms with Crippen molar-refractivity contribution in [3.63, 3.8) is 0 Å². The Morgan fingerprint density at radius 1 is 0.550 bits per heavy atom. The zero-order chi connectivity index (χ0) is 29.8. The van der Waals surface area contributed by atoms with Gasteiger partial charge in [-0.25, -0.2) is 9.59 Å². The molecule has 0 unspecified atom stereocenters. The average Bonchev–Trinajstić information content (AvgIpc) is 2.92. The molecule has 4 amide bonds. The summed E-state index contributed by atoms with van der Waals surface area (Å²) in [6.45, 7) is 9.37. The Kier molecular flexibility index (Phi) is 24.2. The maximum atomic E-state index is 12.4. The Bertz CT molecular complexity index is 668. The Labute approximate surface area is 243 Å². The third-order valence-corrected chi connectivity index (χ3v) is 6.81. The van der Waals surface area contributed by atoms with E-state index in [1.165, 1.54) is 48.3 Å².